The van der Waals surface area contributed by atoms with Crippen LogP contribution in [-0.2, 0) is 4.79 Å². The second kappa shape index (κ2) is 8.18. The number of piperazine rings is 1. The highest BCUT2D eigenvalue weighted by atomic mass is 32.2. The van der Waals surface area contributed by atoms with Gasteiger partial charge in [-0.15, -0.1) is 5.10 Å². The summed E-state index contributed by atoms with van der Waals surface area (Å²) in [6, 6.07) is 6.07. The molecular weight excluding hydrogens is 348 g/mol. The molecule has 140 valence electrons. The normalized spacial score (nSPS) is 16.7. The molecule has 0 radical (unpaired) electrons. The fourth-order valence-electron chi connectivity index (χ4n) is 3.23. The molecule has 1 amide bonds. The first-order valence-electron chi connectivity index (χ1n) is 9.15. The lowest BCUT2D eigenvalue weighted by atomic mass is 10.1. The first kappa shape index (κ1) is 18.8. The van der Waals surface area contributed by atoms with Gasteiger partial charge in [0, 0.05) is 0 Å². The Balaban J connectivity index is 1.71. The van der Waals surface area contributed by atoms with Crippen molar-refractivity contribution >= 4 is 17.7 Å². The molecule has 26 heavy (non-hydrogen) atoms. The minimum Gasteiger partial charge on any atom is -0.332 e. The molecule has 0 unspecified atom stereocenters. The van der Waals surface area contributed by atoms with Crippen LogP contribution in [0, 0.1) is 13.8 Å². The quantitative estimate of drug-likeness (QED) is 0.771. The molecule has 0 saturated carbocycles. The van der Waals surface area contributed by atoms with E-state index in [1.165, 1.54) is 17.3 Å². The number of aromatic nitrogens is 4. The van der Waals surface area contributed by atoms with Gasteiger partial charge in [0.2, 0.25) is 11.1 Å². The van der Waals surface area contributed by atoms with Crippen LogP contribution in [0.4, 0.5) is 0 Å². The van der Waals surface area contributed by atoms with Gasteiger partial charge in [-0.1, -0.05) is 23.9 Å². The van der Waals surface area contributed by atoms with Gasteiger partial charge in [0.25, 0.3) is 0 Å². The Bertz CT molecular complexity index is 769. The summed E-state index contributed by atoms with van der Waals surface area (Å²) in [6.45, 7) is 13.1. The Morgan fingerprint density at radius 3 is 2.73 bits per heavy atom. The second-order valence-electron chi connectivity index (χ2n) is 6.78. The van der Waals surface area contributed by atoms with Gasteiger partial charge < -0.3 is 9.80 Å². The number of likely N-dealkylation sites (N-methyl/N-ethyl adjacent to an activating group) is 1. The van der Waals surface area contributed by atoms with Crippen molar-refractivity contribution in [2.24, 2.45) is 0 Å². The molecular formula is C18H27N6OS+. The molecule has 1 fully saturated rings. The SMILES string of the molecule is CC[NH+]1CCN(C(=O)[C@@H](C)Sc2nnnn2-c2cccc(C)c2C)CC1. The van der Waals surface area contributed by atoms with Gasteiger partial charge in [0.15, 0.2) is 0 Å². The Kier molecular flexibility index (Phi) is 5.93. The zero-order chi connectivity index (χ0) is 18.7. The summed E-state index contributed by atoms with van der Waals surface area (Å²) in [5.41, 5.74) is 3.28. The number of thioether (sulfide) groups is 1. The second-order valence-corrected chi connectivity index (χ2v) is 8.09. The Morgan fingerprint density at radius 2 is 2.04 bits per heavy atom. The monoisotopic (exact) mass is 375 g/mol. The van der Waals surface area contributed by atoms with Gasteiger partial charge in [-0.2, -0.15) is 4.68 Å². The van der Waals surface area contributed by atoms with Crippen LogP contribution in [0.1, 0.15) is 25.0 Å². The predicted octanol–water partition coefficient (Wildman–Crippen LogP) is 0.507. The van der Waals surface area contributed by atoms with E-state index in [-0.39, 0.29) is 11.2 Å². The van der Waals surface area contributed by atoms with Crippen molar-refractivity contribution in [2.75, 3.05) is 32.7 Å². The maximum atomic E-state index is 12.8. The molecule has 1 aromatic heterocycles. The third kappa shape index (κ3) is 3.91. The van der Waals surface area contributed by atoms with E-state index in [9.17, 15) is 4.79 Å². The van der Waals surface area contributed by atoms with Crippen molar-refractivity contribution in [3.05, 3.63) is 29.3 Å². The lowest BCUT2D eigenvalue weighted by Gasteiger charge is -2.32. The molecule has 8 heteroatoms. The van der Waals surface area contributed by atoms with Crippen LogP contribution < -0.4 is 4.90 Å². The van der Waals surface area contributed by atoms with Crippen molar-refractivity contribution in [2.45, 2.75) is 38.1 Å². The molecule has 1 aliphatic heterocycles. The van der Waals surface area contributed by atoms with Crippen molar-refractivity contribution in [1.82, 2.24) is 25.1 Å². The molecule has 1 aromatic carbocycles. The van der Waals surface area contributed by atoms with E-state index in [4.69, 9.17) is 0 Å². The number of benzene rings is 1. The van der Waals surface area contributed by atoms with E-state index < -0.39 is 0 Å². The number of aryl methyl sites for hydroxylation is 1. The highest BCUT2D eigenvalue weighted by Gasteiger charge is 2.28. The largest absolute Gasteiger partial charge is 0.332 e. The van der Waals surface area contributed by atoms with E-state index in [0.29, 0.717) is 5.16 Å². The maximum absolute atomic E-state index is 12.8. The zero-order valence-electron chi connectivity index (χ0n) is 15.9. The number of nitrogens with one attached hydrogen (secondary N) is 1. The topological polar surface area (TPSA) is 68.3 Å². The van der Waals surface area contributed by atoms with Crippen LogP contribution in [0.25, 0.3) is 5.69 Å². The number of carbonyl (C=O) groups is 1. The average molecular weight is 376 g/mol. The molecule has 0 spiro atoms. The molecule has 1 aliphatic rings. The van der Waals surface area contributed by atoms with Crippen molar-refractivity contribution in [1.29, 1.82) is 0 Å². The highest BCUT2D eigenvalue weighted by Crippen LogP contribution is 2.26. The van der Waals surface area contributed by atoms with E-state index >= 15 is 0 Å². The third-order valence-corrected chi connectivity index (χ3v) is 6.18. The van der Waals surface area contributed by atoms with E-state index in [1.807, 2.05) is 24.0 Å². The minimum atomic E-state index is -0.215. The van der Waals surface area contributed by atoms with Crippen LogP contribution in [0.3, 0.4) is 0 Å². The first-order chi connectivity index (χ1) is 12.5. The van der Waals surface area contributed by atoms with Gasteiger partial charge >= 0.3 is 0 Å². The predicted molar refractivity (Wildman–Crippen MR) is 102 cm³/mol. The summed E-state index contributed by atoms with van der Waals surface area (Å²) < 4.78 is 1.73. The fourth-order valence-corrected chi connectivity index (χ4v) is 4.12. The van der Waals surface area contributed by atoms with E-state index in [2.05, 4.69) is 42.4 Å². The summed E-state index contributed by atoms with van der Waals surface area (Å²) >= 11 is 1.42. The number of rotatable bonds is 5. The summed E-state index contributed by atoms with van der Waals surface area (Å²) in [5.74, 6) is 0.167. The summed E-state index contributed by atoms with van der Waals surface area (Å²) in [5, 5.41) is 12.6. The Hall–Kier alpha value is -1.93. The third-order valence-electron chi connectivity index (χ3n) is 5.16. The first-order valence-corrected chi connectivity index (χ1v) is 10.0. The summed E-state index contributed by atoms with van der Waals surface area (Å²) in [6.07, 6.45) is 0. The minimum absolute atomic E-state index is 0.167. The van der Waals surface area contributed by atoms with Crippen molar-refractivity contribution in [3.63, 3.8) is 0 Å². The van der Waals surface area contributed by atoms with Gasteiger partial charge in [-0.25, -0.2) is 0 Å². The molecule has 3 rings (SSSR count). The fraction of sp³-hybridized carbons (Fsp3) is 0.556. The number of amides is 1. The number of hydrogen-bond donors (Lipinski definition) is 1. The lowest BCUT2D eigenvalue weighted by molar-refractivity contribution is -0.902. The van der Waals surface area contributed by atoms with E-state index in [0.717, 1.165) is 44.0 Å². The van der Waals surface area contributed by atoms with Crippen LogP contribution in [-0.4, -0.2) is 69.0 Å². The maximum Gasteiger partial charge on any atom is 0.236 e. The van der Waals surface area contributed by atoms with Crippen LogP contribution in [0.15, 0.2) is 23.4 Å². The number of nitrogens with zero attached hydrogens (tertiary/aromatic N) is 5. The molecule has 2 heterocycles. The standard InChI is InChI=1S/C18H26N6OS/c1-5-22-9-11-23(12-10-22)17(25)15(4)26-18-19-20-21-24(18)16-8-6-7-13(2)14(16)3/h6-8,15H,5,9-12H2,1-4H3/p+1/t15-/m1/s1. The number of quaternary nitrogens is 1. The van der Waals surface area contributed by atoms with Crippen LogP contribution in [0.2, 0.25) is 0 Å². The summed E-state index contributed by atoms with van der Waals surface area (Å²) in [7, 11) is 0. The number of carbonyl (C=O) groups excluding carboxylic acids is 1. The highest BCUT2D eigenvalue weighted by molar-refractivity contribution is 8.00. The van der Waals surface area contributed by atoms with Crippen molar-refractivity contribution < 1.29 is 9.69 Å². The van der Waals surface area contributed by atoms with Gasteiger partial charge in [0.1, 0.15) is 0 Å². The van der Waals surface area contributed by atoms with Crippen LogP contribution >= 0.6 is 11.8 Å². The Labute approximate surface area is 158 Å². The van der Waals surface area contributed by atoms with Crippen LogP contribution in [0.5, 0.6) is 0 Å². The van der Waals surface area contributed by atoms with Gasteiger partial charge in [-0.3, -0.25) is 4.79 Å². The number of tetrazole rings is 1. The number of hydrogen-bond acceptors (Lipinski definition) is 5. The molecule has 0 bridgehead atoms. The Morgan fingerprint density at radius 1 is 1.31 bits per heavy atom. The smallest absolute Gasteiger partial charge is 0.236 e. The molecule has 7 nitrogen and oxygen atoms in total. The molecule has 1 saturated heterocycles. The molecule has 1 N–H and O–H groups in total. The molecule has 0 aliphatic carbocycles. The molecule has 1 atom stereocenters. The van der Waals surface area contributed by atoms with Crippen molar-refractivity contribution in [3.8, 4) is 5.69 Å². The summed E-state index contributed by atoms with van der Waals surface area (Å²) in [4.78, 5) is 16.3. The van der Waals surface area contributed by atoms with E-state index in [1.54, 1.807) is 9.58 Å². The molecule has 2 aromatic rings. The average Bonchev–Trinajstić information content (AvgIpc) is 3.11. The van der Waals surface area contributed by atoms with Gasteiger partial charge in [0.05, 0.1) is 43.7 Å². The zero-order valence-corrected chi connectivity index (χ0v) is 16.7. The lowest BCUT2D eigenvalue weighted by Crippen LogP contribution is -3.14. The van der Waals surface area contributed by atoms with Gasteiger partial charge in [-0.05, 0) is 55.3 Å².